The Labute approximate surface area is 165 Å². The maximum Gasteiger partial charge on any atom is 0.257 e. The van der Waals surface area contributed by atoms with Gasteiger partial charge < -0.3 is 15.0 Å². The number of ether oxygens (including phenoxy) is 1. The summed E-state index contributed by atoms with van der Waals surface area (Å²) in [5.74, 6) is 0.754. The van der Waals surface area contributed by atoms with Gasteiger partial charge in [0.05, 0.1) is 0 Å². The first-order chi connectivity index (χ1) is 13.8. The lowest BCUT2D eigenvalue weighted by Gasteiger charge is -2.21. The number of anilines is 1. The molecule has 28 heavy (non-hydrogen) atoms. The smallest absolute Gasteiger partial charge is 0.257 e. The van der Waals surface area contributed by atoms with Crippen LogP contribution < -0.4 is 15.0 Å². The molecule has 1 aliphatic rings. The molecule has 0 radical (unpaired) electrons. The van der Waals surface area contributed by atoms with Gasteiger partial charge in [-0.25, -0.2) is 4.98 Å². The molecule has 1 amide bonds. The molecule has 1 aliphatic heterocycles. The largest absolute Gasteiger partial charge is 0.438 e. The standard InChI is InChI=1S/C23H23N3O2/c27-22(20-12-8-14-24-23(20)28-19-10-2-1-3-11-19)25-17-18-9-4-5-13-21(18)26-15-6-7-16-26/h1-5,8-14H,6-7,15-17H2,(H,25,27). The van der Waals surface area contributed by atoms with Crippen molar-refractivity contribution in [2.45, 2.75) is 19.4 Å². The zero-order valence-corrected chi connectivity index (χ0v) is 15.7. The summed E-state index contributed by atoms with van der Waals surface area (Å²) >= 11 is 0. The number of nitrogens with zero attached hydrogens (tertiary/aromatic N) is 2. The predicted octanol–water partition coefficient (Wildman–Crippen LogP) is 4.40. The van der Waals surface area contributed by atoms with Gasteiger partial charge in [-0.15, -0.1) is 0 Å². The summed E-state index contributed by atoms with van der Waals surface area (Å²) < 4.78 is 5.81. The molecule has 5 heteroatoms. The van der Waals surface area contributed by atoms with Crippen LogP contribution in [-0.4, -0.2) is 24.0 Å². The number of carbonyl (C=O) groups is 1. The Hall–Kier alpha value is -3.34. The second-order valence-corrected chi connectivity index (χ2v) is 6.78. The summed E-state index contributed by atoms with van der Waals surface area (Å²) in [6.07, 6.45) is 4.06. The number of carbonyl (C=O) groups excluding carboxylic acids is 1. The lowest BCUT2D eigenvalue weighted by Crippen LogP contribution is -2.26. The lowest BCUT2D eigenvalue weighted by molar-refractivity contribution is 0.0948. The third-order valence-electron chi connectivity index (χ3n) is 4.85. The minimum Gasteiger partial charge on any atom is -0.438 e. The molecular weight excluding hydrogens is 350 g/mol. The molecule has 1 aromatic heterocycles. The van der Waals surface area contributed by atoms with Crippen LogP contribution in [0.5, 0.6) is 11.6 Å². The molecule has 0 unspecified atom stereocenters. The van der Waals surface area contributed by atoms with E-state index in [9.17, 15) is 4.79 Å². The molecular formula is C23H23N3O2. The minimum atomic E-state index is -0.199. The minimum absolute atomic E-state index is 0.199. The van der Waals surface area contributed by atoms with Gasteiger partial charge in [-0.1, -0.05) is 36.4 Å². The van der Waals surface area contributed by atoms with E-state index in [0.29, 0.717) is 23.7 Å². The zero-order valence-electron chi connectivity index (χ0n) is 15.7. The molecule has 2 aromatic carbocycles. The van der Waals surface area contributed by atoms with Gasteiger partial charge in [-0.3, -0.25) is 4.79 Å². The first-order valence-corrected chi connectivity index (χ1v) is 9.60. The van der Waals surface area contributed by atoms with E-state index in [-0.39, 0.29) is 5.91 Å². The van der Waals surface area contributed by atoms with Gasteiger partial charge in [-0.05, 0) is 48.7 Å². The normalized spacial score (nSPS) is 13.4. The Balaban J connectivity index is 1.48. The quantitative estimate of drug-likeness (QED) is 0.696. The number of pyridine rings is 1. The summed E-state index contributed by atoms with van der Waals surface area (Å²) in [5, 5.41) is 3.02. The summed E-state index contributed by atoms with van der Waals surface area (Å²) in [6.45, 7) is 2.61. The van der Waals surface area contributed by atoms with Crippen LogP contribution >= 0.6 is 0 Å². The Kier molecular flexibility index (Phi) is 5.52. The Morgan fingerprint density at radius 1 is 0.964 bits per heavy atom. The molecule has 5 nitrogen and oxygen atoms in total. The molecule has 1 N–H and O–H groups in total. The highest BCUT2D eigenvalue weighted by atomic mass is 16.5. The molecule has 142 valence electrons. The van der Waals surface area contributed by atoms with Gasteiger partial charge in [0, 0.05) is 31.5 Å². The fourth-order valence-corrected chi connectivity index (χ4v) is 3.44. The molecule has 1 saturated heterocycles. The zero-order chi connectivity index (χ0) is 19.2. The number of hydrogen-bond donors (Lipinski definition) is 1. The maximum absolute atomic E-state index is 12.8. The van der Waals surface area contributed by atoms with Crippen LogP contribution in [0.25, 0.3) is 0 Å². The Morgan fingerprint density at radius 2 is 1.71 bits per heavy atom. The van der Waals surface area contributed by atoms with Crippen molar-refractivity contribution in [3.8, 4) is 11.6 Å². The number of amides is 1. The van der Waals surface area contributed by atoms with E-state index in [4.69, 9.17) is 4.74 Å². The van der Waals surface area contributed by atoms with Gasteiger partial charge in [-0.2, -0.15) is 0 Å². The highest BCUT2D eigenvalue weighted by Gasteiger charge is 2.17. The van der Waals surface area contributed by atoms with Gasteiger partial charge in [0.15, 0.2) is 0 Å². The molecule has 0 spiro atoms. The van der Waals surface area contributed by atoms with Crippen LogP contribution in [0.2, 0.25) is 0 Å². The molecule has 0 saturated carbocycles. The van der Waals surface area contributed by atoms with E-state index in [2.05, 4.69) is 27.3 Å². The Morgan fingerprint density at radius 3 is 2.54 bits per heavy atom. The molecule has 3 aromatic rings. The number of para-hydroxylation sites is 2. The second kappa shape index (κ2) is 8.57. The summed E-state index contributed by atoms with van der Waals surface area (Å²) in [4.78, 5) is 19.4. The first kappa shape index (κ1) is 18.0. The molecule has 0 aliphatic carbocycles. The predicted molar refractivity (Wildman–Crippen MR) is 110 cm³/mol. The monoisotopic (exact) mass is 373 g/mol. The topological polar surface area (TPSA) is 54.5 Å². The van der Waals surface area contributed by atoms with E-state index >= 15 is 0 Å². The van der Waals surface area contributed by atoms with Crippen molar-refractivity contribution in [3.63, 3.8) is 0 Å². The van der Waals surface area contributed by atoms with E-state index in [1.54, 1.807) is 18.3 Å². The average Bonchev–Trinajstić information content (AvgIpc) is 3.28. The van der Waals surface area contributed by atoms with Gasteiger partial charge in [0.25, 0.3) is 5.91 Å². The van der Waals surface area contributed by atoms with Crippen LogP contribution in [0, 0.1) is 0 Å². The fourth-order valence-electron chi connectivity index (χ4n) is 3.44. The van der Waals surface area contributed by atoms with E-state index in [1.807, 2.05) is 42.5 Å². The van der Waals surface area contributed by atoms with Crippen molar-refractivity contribution in [3.05, 3.63) is 84.1 Å². The summed E-state index contributed by atoms with van der Waals surface area (Å²) in [6, 6.07) is 21.1. The van der Waals surface area contributed by atoms with Gasteiger partial charge in [0.2, 0.25) is 5.88 Å². The van der Waals surface area contributed by atoms with Crippen LogP contribution in [0.3, 0.4) is 0 Å². The van der Waals surface area contributed by atoms with Crippen molar-refractivity contribution in [1.82, 2.24) is 10.3 Å². The summed E-state index contributed by atoms with van der Waals surface area (Å²) in [5.41, 5.74) is 2.74. The first-order valence-electron chi connectivity index (χ1n) is 9.60. The molecule has 0 bridgehead atoms. The van der Waals surface area contributed by atoms with Crippen LogP contribution in [-0.2, 0) is 6.54 Å². The van der Waals surface area contributed by atoms with Crippen molar-refractivity contribution in [1.29, 1.82) is 0 Å². The molecule has 4 rings (SSSR count). The number of nitrogens with one attached hydrogen (secondary N) is 1. The molecule has 1 fully saturated rings. The van der Waals surface area contributed by atoms with Gasteiger partial charge >= 0.3 is 0 Å². The maximum atomic E-state index is 12.8. The number of aromatic nitrogens is 1. The number of rotatable bonds is 6. The molecule has 0 atom stereocenters. The van der Waals surface area contributed by atoms with E-state index < -0.39 is 0 Å². The third-order valence-corrected chi connectivity index (χ3v) is 4.85. The third kappa shape index (κ3) is 4.14. The fraction of sp³-hybridized carbons (Fsp3) is 0.217. The summed E-state index contributed by atoms with van der Waals surface area (Å²) in [7, 11) is 0. The number of benzene rings is 2. The highest BCUT2D eigenvalue weighted by Crippen LogP contribution is 2.25. The van der Waals surface area contributed by atoms with Crippen LogP contribution in [0.15, 0.2) is 72.9 Å². The van der Waals surface area contributed by atoms with Crippen molar-refractivity contribution < 1.29 is 9.53 Å². The lowest BCUT2D eigenvalue weighted by atomic mass is 10.1. The second-order valence-electron chi connectivity index (χ2n) is 6.78. The SMILES string of the molecule is O=C(NCc1ccccc1N1CCCC1)c1cccnc1Oc1ccccc1. The van der Waals surface area contributed by atoms with Crippen molar-refractivity contribution >= 4 is 11.6 Å². The van der Waals surface area contributed by atoms with Crippen molar-refractivity contribution in [2.75, 3.05) is 18.0 Å². The van der Waals surface area contributed by atoms with Crippen LogP contribution in [0.1, 0.15) is 28.8 Å². The Bertz CT molecular complexity index is 937. The van der Waals surface area contributed by atoms with Crippen LogP contribution in [0.4, 0.5) is 5.69 Å². The van der Waals surface area contributed by atoms with Crippen molar-refractivity contribution in [2.24, 2.45) is 0 Å². The highest BCUT2D eigenvalue weighted by molar-refractivity contribution is 5.96. The van der Waals surface area contributed by atoms with E-state index in [0.717, 1.165) is 18.7 Å². The average molecular weight is 373 g/mol. The number of hydrogen-bond acceptors (Lipinski definition) is 4. The molecule has 2 heterocycles. The van der Waals surface area contributed by atoms with E-state index in [1.165, 1.54) is 18.5 Å². The van der Waals surface area contributed by atoms with Gasteiger partial charge in [0.1, 0.15) is 11.3 Å².